The topological polar surface area (TPSA) is 101 Å². The molecule has 0 aromatic heterocycles. The molecule has 1 aromatic rings. The summed E-state index contributed by atoms with van der Waals surface area (Å²) in [5.74, 6) is 0. The third-order valence-electron chi connectivity index (χ3n) is 2.69. The number of nitrogens with two attached hydrogens (primary N) is 1. The fraction of sp³-hybridized carbons (Fsp3) is 0.417. The molecule has 0 heterocycles. The summed E-state index contributed by atoms with van der Waals surface area (Å²) in [7, 11) is -3.91. The monoisotopic (exact) mass is 285 g/mol. The van der Waals surface area contributed by atoms with Crippen molar-refractivity contribution in [3.8, 4) is 0 Å². The number of benzene rings is 1. The summed E-state index contributed by atoms with van der Waals surface area (Å²) in [6.45, 7) is 5.73. The fourth-order valence-electron chi connectivity index (χ4n) is 1.58. The Morgan fingerprint density at radius 3 is 2.53 bits per heavy atom. The SMILES string of the molecule is CCCNC(=O)NS(=O)(=O)c1cc(N)cc(C)c1C. The van der Waals surface area contributed by atoms with Gasteiger partial charge in [0, 0.05) is 12.2 Å². The lowest BCUT2D eigenvalue weighted by Crippen LogP contribution is -2.39. The molecule has 0 spiro atoms. The fourth-order valence-corrected chi connectivity index (χ4v) is 2.87. The quantitative estimate of drug-likeness (QED) is 0.725. The summed E-state index contributed by atoms with van der Waals surface area (Å²) in [5, 5.41) is 2.45. The van der Waals surface area contributed by atoms with Crippen LogP contribution < -0.4 is 15.8 Å². The van der Waals surface area contributed by atoms with Crippen molar-refractivity contribution >= 4 is 21.7 Å². The highest BCUT2D eigenvalue weighted by Gasteiger charge is 2.21. The van der Waals surface area contributed by atoms with Crippen molar-refractivity contribution < 1.29 is 13.2 Å². The van der Waals surface area contributed by atoms with Gasteiger partial charge >= 0.3 is 6.03 Å². The molecule has 1 aromatic carbocycles. The van der Waals surface area contributed by atoms with E-state index in [0.717, 1.165) is 12.0 Å². The average Bonchev–Trinajstić information content (AvgIpc) is 2.30. The molecule has 0 saturated heterocycles. The minimum atomic E-state index is -3.91. The smallest absolute Gasteiger partial charge is 0.328 e. The first-order valence-corrected chi connectivity index (χ1v) is 7.43. The van der Waals surface area contributed by atoms with E-state index in [1.54, 1.807) is 19.9 Å². The van der Waals surface area contributed by atoms with E-state index in [-0.39, 0.29) is 4.90 Å². The second-order valence-corrected chi connectivity index (χ2v) is 5.97. The van der Waals surface area contributed by atoms with Crippen LogP contribution in [0.15, 0.2) is 17.0 Å². The molecule has 0 aliphatic rings. The molecule has 4 N–H and O–H groups in total. The van der Waals surface area contributed by atoms with E-state index in [0.29, 0.717) is 17.8 Å². The number of hydrogen-bond donors (Lipinski definition) is 3. The summed E-state index contributed by atoms with van der Waals surface area (Å²) < 4.78 is 26.2. The van der Waals surface area contributed by atoms with Crippen LogP contribution >= 0.6 is 0 Å². The molecule has 0 atom stereocenters. The number of nitrogen functional groups attached to an aromatic ring is 1. The van der Waals surface area contributed by atoms with Crippen LogP contribution in [0.3, 0.4) is 0 Å². The molecule has 0 radical (unpaired) electrons. The number of carbonyl (C=O) groups excluding carboxylic acids is 1. The molecular weight excluding hydrogens is 266 g/mol. The molecule has 2 amide bonds. The van der Waals surface area contributed by atoms with Gasteiger partial charge in [0.25, 0.3) is 10.0 Å². The van der Waals surface area contributed by atoms with Gasteiger partial charge in [-0.05, 0) is 43.5 Å². The Morgan fingerprint density at radius 1 is 1.32 bits per heavy atom. The average molecular weight is 285 g/mol. The summed E-state index contributed by atoms with van der Waals surface area (Å²) >= 11 is 0. The lowest BCUT2D eigenvalue weighted by molar-refractivity contribution is 0.246. The van der Waals surface area contributed by atoms with Gasteiger partial charge in [-0.25, -0.2) is 17.9 Å². The first-order valence-electron chi connectivity index (χ1n) is 5.95. The van der Waals surface area contributed by atoms with Crippen molar-refractivity contribution in [2.75, 3.05) is 12.3 Å². The van der Waals surface area contributed by atoms with Gasteiger partial charge in [-0.1, -0.05) is 6.92 Å². The molecule has 0 unspecified atom stereocenters. The van der Waals surface area contributed by atoms with E-state index < -0.39 is 16.1 Å². The van der Waals surface area contributed by atoms with E-state index >= 15 is 0 Å². The Morgan fingerprint density at radius 2 is 1.95 bits per heavy atom. The highest BCUT2D eigenvalue weighted by Crippen LogP contribution is 2.22. The van der Waals surface area contributed by atoms with Crippen molar-refractivity contribution in [2.24, 2.45) is 0 Å². The number of amides is 2. The Kier molecular flexibility index (Phi) is 4.77. The predicted octanol–water partition coefficient (Wildman–Crippen LogP) is 1.28. The zero-order valence-electron chi connectivity index (χ0n) is 11.3. The van der Waals surface area contributed by atoms with Gasteiger partial charge in [0.2, 0.25) is 0 Å². The molecular formula is C12H19N3O3S. The zero-order chi connectivity index (χ0) is 14.6. The van der Waals surface area contributed by atoms with Crippen LogP contribution in [0.25, 0.3) is 0 Å². The predicted molar refractivity (Wildman–Crippen MR) is 74.3 cm³/mol. The lowest BCUT2D eigenvalue weighted by atomic mass is 10.1. The minimum absolute atomic E-state index is 0.0247. The summed E-state index contributed by atoms with van der Waals surface area (Å²) in [6, 6.07) is 2.30. The number of urea groups is 1. The Bertz CT molecular complexity index is 582. The molecule has 0 fully saturated rings. The van der Waals surface area contributed by atoms with Crippen LogP contribution in [0.5, 0.6) is 0 Å². The number of nitrogens with one attached hydrogen (secondary N) is 2. The third-order valence-corrected chi connectivity index (χ3v) is 4.15. The molecule has 1 rings (SSSR count). The van der Waals surface area contributed by atoms with Gasteiger partial charge in [-0.15, -0.1) is 0 Å². The Balaban J connectivity index is 3.04. The Hall–Kier alpha value is -1.76. The Labute approximate surface area is 113 Å². The van der Waals surface area contributed by atoms with Crippen molar-refractivity contribution in [3.05, 3.63) is 23.3 Å². The summed E-state index contributed by atoms with van der Waals surface area (Å²) in [4.78, 5) is 11.5. The molecule has 106 valence electrons. The highest BCUT2D eigenvalue weighted by molar-refractivity contribution is 7.90. The van der Waals surface area contributed by atoms with Crippen LogP contribution in [-0.2, 0) is 10.0 Å². The van der Waals surface area contributed by atoms with E-state index in [2.05, 4.69) is 5.32 Å². The van der Waals surface area contributed by atoms with E-state index in [1.807, 2.05) is 11.6 Å². The van der Waals surface area contributed by atoms with Crippen LogP contribution in [0.4, 0.5) is 10.5 Å². The van der Waals surface area contributed by atoms with Gasteiger partial charge in [-0.2, -0.15) is 0 Å². The van der Waals surface area contributed by atoms with Crippen molar-refractivity contribution in [3.63, 3.8) is 0 Å². The van der Waals surface area contributed by atoms with Crippen molar-refractivity contribution in [2.45, 2.75) is 32.1 Å². The van der Waals surface area contributed by atoms with Crippen molar-refractivity contribution in [1.29, 1.82) is 0 Å². The largest absolute Gasteiger partial charge is 0.399 e. The maximum Gasteiger partial charge on any atom is 0.328 e. The van der Waals surface area contributed by atoms with Gasteiger partial charge in [0.05, 0.1) is 4.90 Å². The summed E-state index contributed by atoms with van der Waals surface area (Å²) in [6.07, 6.45) is 0.726. The zero-order valence-corrected chi connectivity index (χ0v) is 12.1. The maximum atomic E-state index is 12.1. The van der Waals surface area contributed by atoms with E-state index in [9.17, 15) is 13.2 Å². The molecule has 7 heteroatoms. The molecule has 0 aliphatic carbocycles. The lowest BCUT2D eigenvalue weighted by Gasteiger charge is -2.12. The molecule has 6 nitrogen and oxygen atoms in total. The molecule has 0 aliphatic heterocycles. The number of carbonyl (C=O) groups is 1. The van der Waals surface area contributed by atoms with Gasteiger partial charge in [-0.3, -0.25) is 0 Å². The normalized spacial score (nSPS) is 11.1. The first kappa shape index (κ1) is 15.3. The molecule has 0 bridgehead atoms. The number of hydrogen-bond acceptors (Lipinski definition) is 4. The highest BCUT2D eigenvalue weighted by atomic mass is 32.2. The first-order chi connectivity index (χ1) is 8.77. The maximum absolute atomic E-state index is 12.1. The second-order valence-electron chi connectivity index (χ2n) is 4.32. The van der Waals surface area contributed by atoms with E-state index in [1.165, 1.54) is 6.07 Å². The summed E-state index contributed by atoms with van der Waals surface area (Å²) in [5.41, 5.74) is 7.32. The van der Waals surface area contributed by atoms with Crippen LogP contribution in [-0.4, -0.2) is 21.0 Å². The van der Waals surface area contributed by atoms with Crippen LogP contribution in [0, 0.1) is 13.8 Å². The number of sulfonamides is 1. The second kappa shape index (κ2) is 5.92. The van der Waals surface area contributed by atoms with Crippen molar-refractivity contribution in [1.82, 2.24) is 10.0 Å². The van der Waals surface area contributed by atoms with Gasteiger partial charge in [0.1, 0.15) is 0 Å². The third kappa shape index (κ3) is 3.85. The van der Waals surface area contributed by atoms with Gasteiger partial charge < -0.3 is 11.1 Å². The van der Waals surface area contributed by atoms with E-state index in [4.69, 9.17) is 5.73 Å². The standard InChI is InChI=1S/C12H19N3O3S/c1-4-5-14-12(16)15-19(17,18)11-7-10(13)6-8(2)9(11)3/h6-7H,4-5,13H2,1-3H3,(H2,14,15,16). The number of anilines is 1. The van der Waals surface area contributed by atoms with Gasteiger partial charge in [0.15, 0.2) is 0 Å². The number of aryl methyl sites for hydroxylation is 1. The van der Waals surface area contributed by atoms with Crippen LogP contribution in [0.1, 0.15) is 24.5 Å². The van der Waals surface area contributed by atoms with Crippen LogP contribution in [0.2, 0.25) is 0 Å². The number of rotatable bonds is 4. The minimum Gasteiger partial charge on any atom is -0.399 e. The molecule has 19 heavy (non-hydrogen) atoms. The molecule has 0 saturated carbocycles.